The molecule has 0 amide bonds. The van der Waals surface area contributed by atoms with Gasteiger partial charge in [-0.1, -0.05) is 33.8 Å². The maximum absolute atomic E-state index is 14.0. The number of rotatable bonds is 5. The highest BCUT2D eigenvalue weighted by atomic mass is 19.1. The molecule has 0 aliphatic heterocycles. The zero-order valence-electron chi connectivity index (χ0n) is 15.7. The van der Waals surface area contributed by atoms with Crippen molar-refractivity contribution in [3.8, 4) is 5.75 Å². The molecule has 1 aromatic carbocycles. The third-order valence-electron chi connectivity index (χ3n) is 4.86. The van der Waals surface area contributed by atoms with E-state index in [4.69, 9.17) is 9.84 Å². The van der Waals surface area contributed by atoms with Crippen LogP contribution in [0.4, 0.5) is 4.39 Å². The summed E-state index contributed by atoms with van der Waals surface area (Å²) in [6, 6.07) is 4.11. The van der Waals surface area contributed by atoms with E-state index in [2.05, 4.69) is 39.8 Å². The van der Waals surface area contributed by atoms with Gasteiger partial charge in [0.1, 0.15) is 11.6 Å². The highest BCUT2D eigenvalue weighted by Crippen LogP contribution is 2.45. The number of fused-ring (bicyclic) bond motifs is 1. The molecule has 0 unspecified atom stereocenters. The first-order valence-electron chi connectivity index (χ1n) is 8.71. The van der Waals surface area contributed by atoms with Crippen molar-refractivity contribution in [3.63, 3.8) is 0 Å². The minimum atomic E-state index is -0.590. The number of hydrogen-bond donors (Lipinski definition) is 1. The van der Waals surface area contributed by atoms with Gasteiger partial charge in [0.25, 0.3) is 0 Å². The van der Waals surface area contributed by atoms with Crippen LogP contribution in [0.3, 0.4) is 0 Å². The van der Waals surface area contributed by atoms with Gasteiger partial charge in [-0.05, 0) is 66.0 Å². The van der Waals surface area contributed by atoms with E-state index >= 15 is 0 Å². The topological polar surface area (TPSA) is 29.5 Å². The lowest BCUT2D eigenvalue weighted by molar-refractivity contribution is 0.299. The van der Waals surface area contributed by atoms with Crippen molar-refractivity contribution >= 4 is 11.1 Å². The molecule has 0 heterocycles. The second-order valence-corrected chi connectivity index (χ2v) is 7.42. The Labute approximate surface area is 145 Å². The number of benzene rings is 1. The summed E-state index contributed by atoms with van der Waals surface area (Å²) in [5.74, 6) is 0.578. The highest BCUT2D eigenvalue weighted by Gasteiger charge is 2.31. The van der Waals surface area contributed by atoms with Crippen LogP contribution >= 0.6 is 0 Å². The summed E-state index contributed by atoms with van der Waals surface area (Å²) in [5, 5.41) is 9.16. The first-order chi connectivity index (χ1) is 11.2. The van der Waals surface area contributed by atoms with Gasteiger partial charge in [-0.2, -0.15) is 0 Å². The molecular formula is C21H29FO2. The maximum Gasteiger partial charge on any atom is 0.129 e. The Kier molecular flexibility index (Phi) is 5.54. The van der Waals surface area contributed by atoms with Crippen LogP contribution in [-0.4, -0.2) is 18.3 Å². The summed E-state index contributed by atoms with van der Waals surface area (Å²) in [5.41, 5.74) is 4.90. The van der Waals surface area contributed by atoms with Gasteiger partial charge in [0.15, 0.2) is 0 Å². The van der Waals surface area contributed by atoms with Crippen molar-refractivity contribution < 1.29 is 14.2 Å². The number of aliphatic hydroxyl groups excluding tert-OH is 1. The summed E-state index contributed by atoms with van der Waals surface area (Å²) in [6.45, 7) is 12.4. The Hall–Kier alpha value is -1.61. The van der Waals surface area contributed by atoms with E-state index in [9.17, 15) is 4.39 Å². The van der Waals surface area contributed by atoms with Gasteiger partial charge < -0.3 is 9.84 Å². The van der Waals surface area contributed by atoms with Gasteiger partial charge >= 0.3 is 0 Å². The van der Waals surface area contributed by atoms with Gasteiger partial charge in [0, 0.05) is 5.56 Å². The smallest absolute Gasteiger partial charge is 0.129 e. The molecule has 132 valence electrons. The second kappa shape index (κ2) is 7.10. The molecule has 1 aliphatic carbocycles. The average Bonchev–Trinajstić information content (AvgIpc) is 2.53. The van der Waals surface area contributed by atoms with Gasteiger partial charge in [-0.3, -0.25) is 0 Å². The number of aliphatic hydroxyl groups is 1. The first kappa shape index (κ1) is 18.7. The zero-order valence-corrected chi connectivity index (χ0v) is 15.7. The van der Waals surface area contributed by atoms with Gasteiger partial charge in [0.2, 0.25) is 0 Å². The molecule has 0 saturated heterocycles. The molecule has 1 aromatic rings. The minimum Gasteiger partial charge on any atom is -0.493 e. The third kappa shape index (κ3) is 3.41. The molecule has 1 aliphatic rings. The molecule has 24 heavy (non-hydrogen) atoms. The molecule has 2 rings (SSSR count). The van der Waals surface area contributed by atoms with E-state index in [-0.39, 0.29) is 5.41 Å². The molecule has 0 aromatic heterocycles. The lowest BCUT2D eigenvalue weighted by Gasteiger charge is -2.34. The Morgan fingerprint density at radius 2 is 2.00 bits per heavy atom. The summed E-state index contributed by atoms with van der Waals surface area (Å²) < 4.78 is 19.8. The fraction of sp³-hybridized carbons (Fsp3) is 0.524. The summed E-state index contributed by atoms with van der Waals surface area (Å²) in [4.78, 5) is 0. The molecule has 0 bridgehead atoms. The molecule has 0 spiro atoms. The Morgan fingerprint density at radius 3 is 2.54 bits per heavy atom. The molecule has 0 atom stereocenters. The van der Waals surface area contributed by atoms with Gasteiger partial charge in [-0.25, -0.2) is 4.39 Å². The average molecular weight is 332 g/mol. The van der Waals surface area contributed by atoms with E-state index < -0.39 is 12.4 Å². The van der Waals surface area contributed by atoms with Crippen LogP contribution in [0.15, 0.2) is 24.0 Å². The monoisotopic (exact) mass is 332 g/mol. The largest absolute Gasteiger partial charge is 0.493 e. The number of halogens is 1. The fourth-order valence-corrected chi connectivity index (χ4v) is 3.34. The van der Waals surface area contributed by atoms with E-state index in [1.165, 1.54) is 16.7 Å². The summed E-state index contributed by atoms with van der Waals surface area (Å²) >= 11 is 0. The molecule has 0 radical (unpaired) electrons. The third-order valence-corrected chi connectivity index (χ3v) is 4.86. The van der Waals surface area contributed by atoms with Crippen LogP contribution in [0.1, 0.15) is 64.7 Å². The lowest BCUT2D eigenvalue weighted by Crippen LogP contribution is -2.23. The van der Waals surface area contributed by atoms with Crippen LogP contribution in [-0.2, 0) is 5.41 Å². The van der Waals surface area contributed by atoms with Crippen molar-refractivity contribution in [3.05, 3.63) is 40.7 Å². The zero-order chi connectivity index (χ0) is 18.1. The number of allylic oxidation sites excluding steroid dienone is 3. The maximum atomic E-state index is 14.0. The minimum absolute atomic E-state index is 0.0191. The van der Waals surface area contributed by atoms with Crippen LogP contribution in [0, 0.1) is 5.92 Å². The normalized spacial score (nSPS) is 17.3. The second-order valence-electron chi connectivity index (χ2n) is 7.42. The van der Waals surface area contributed by atoms with E-state index in [1.807, 2.05) is 13.0 Å². The van der Waals surface area contributed by atoms with Crippen molar-refractivity contribution in [1.82, 2.24) is 0 Å². The fourth-order valence-electron chi connectivity index (χ4n) is 3.34. The van der Waals surface area contributed by atoms with E-state index in [1.54, 1.807) is 6.92 Å². The summed E-state index contributed by atoms with van der Waals surface area (Å²) in [6.07, 6.45) is 3.29. The Balaban J connectivity index is 2.76. The van der Waals surface area contributed by atoms with E-state index in [0.717, 1.165) is 12.0 Å². The molecule has 0 fully saturated rings. The van der Waals surface area contributed by atoms with Crippen molar-refractivity contribution in [2.75, 3.05) is 13.2 Å². The standard InChI is InChI=1S/C21H29FO2/c1-7-24-20-11-18-17(10-16(20)14(4)19(22)12-23)15(13(2)3)8-9-21(18,5)6/h8,10-11,13,23H,7,9,12H2,1-6H3/b19-14+. The lowest BCUT2D eigenvalue weighted by atomic mass is 9.71. The number of ether oxygens (including phenoxy) is 1. The van der Waals surface area contributed by atoms with Gasteiger partial charge in [0.05, 0.1) is 13.2 Å². The molecule has 3 heteroatoms. The molecule has 2 nitrogen and oxygen atoms in total. The predicted molar refractivity (Wildman–Crippen MR) is 98.9 cm³/mol. The van der Waals surface area contributed by atoms with Crippen LogP contribution in [0.5, 0.6) is 5.75 Å². The van der Waals surface area contributed by atoms with Crippen LogP contribution in [0.2, 0.25) is 0 Å². The quantitative estimate of drug-likeness (QED) is 0.771. The summed E-state index contributed by atoms with van der Waals surface area (Å²) in [7, 11) is 0. The van der Waals surface area contributed by atoms with E-state index in [0.29, 0.717) is 23.8 Å². The van der Waals surface area contributed by atoms with Gasteiger partial charge in [-0.15, -0.1) is 0 Å². The highest BCUT2D eigenvalue weighted by molar-refractivity contribution is 5.80. The van der Waals surface area contributed by atoms with Crippen LogP contribution < -0.4 is 4.74 Å². The Bertz CT molecular complexity index is 681. The van der Waals surface area contributed by atoms with Crippen LogP contribution in [0.25, 0.3) is 11.1 Å². The first-order valence-corrected chi connectivity index (χ1v) is 8.71. The SMILES string of the molecule is CCOc1cc2c(cc1/C(C)=C(/F)CO)C(C(C)C)=CCC2(C)C. The van der Waals surface area contributed by atoms with Crippen molar-refractivity contribution in [1.29, 1.82) is 0 Å². The van der Waals surface area contributed by atoms with Crippen molar-refractivity contribution in [2.24, 2.45) is 5.92 Å². The molecule has 0 saturated carbocycles. The number of hydrogen-bond acceptors (Lipinski definition) is 2. The molecular weight excluding hydrogens is 303 g/mol. The van der Waals surface area contributed by atoms with Crippen molar-refractivity contribution in [2.45, 2.75) is 53.4 Å². The Morgan fingerprint density at radius 1 is 1.33 bits per heavy atom. The molecule has 1 N–H and O–H groups in total. The predicted octanol–water partition coefficient (Wildman–Crippen LogP) is 5.50.